The van der Waals surface area contributed by atoms with Crippen LogP contribution in [0.2, 0.25) is 0 Å². The Morgan fingerprint density at radius 1 is 0.759 bits per heavy atom. The van der Waals surface area contributed by atoms with E-state index in [1.54, 1.807) is 48.5 Å². The molecule has 3 unspecified atom stereocenters. The van der Waals surface area contributed by atoms with Crippen molar-refractivity contribution in [3.63, 3.8) is 0 Å². The van der Waals surface area contributed by atoms with E-state index in [-0.39, 0.29) is 73.7 Å². The van der Waals surface area contributed by atoms with E-state index in [2.05, 4.69) is 21.3 Å². The predicted molar refractivity (Wildman–Crippen MR) is 215 cm³/mol. The first-order valence-electron chi connectivity index (χ1n) is 18.8. The second kappa shape index (κ2) is 21.9. The first-order valence-corrected chi connectivity index (χ1v) is 20.4. The van der Waals surface area contributed by atoms with Gasteiger partial charge in [-0.1, -0.05) is 55.5 Å². The maximum absolute atomic E-state index is 14.0. The van der Waals surface area contributed by atoms with Crippen LogP contribution >= 0.6 is 0 Å². The summed E-state index contributed by atoms with van der Waals surface area (Å²) in [6.07, 6.45) is 1.63. The van der Waals surface area contributed by atoms with Crippen molar-refractivity contribution < 1.29 is 42.6 Å². The predicted octanol–water partition coefficient (Wildman–Crippen LogP) is 3.75. The number of benzene rings is 4. The van der Waals surface area contributed by atoms with Gasteiger partial charge >= 0.3 is 182 Å². The van der Waals surface area contributed by atoms with E-state index >= 15 is 0 Å². The summed E-state index contributed by atoms with van der Waals surface area (Å²) < 4.78 is 30.2. The Balaban J connectivity index is 1.48. The molecule has 15 heteroatoms. The summed E-state index contributed by atoms with van der Waals surface area (Å²) in [6.45, 7) is 2.34. The Morgan fingerprint density at radius 2 is 1.33 bits per heavy atom. The standard InChI is InChI=1S/C43H48F2N5O7.Po/c1-3-27-12-19-32(20-13-27)41(54)47-22-8-7-11-33(40(46)53)49-43(56)35(24-29-14-17-31(18-15-29)39(44)45)50-42(55)34(23-28-9-5-4-6-10-28)48-38(52)26-30-16-21-36(51)37(25-30)57-2;/h4-6,9-10,12-21,25,33-35,51H,3,7-8,11,22-24,26H2,1-2H3,(H2,46,53)(H,47,54)(H,48,52)(H,49,56)(H,50,55);. The number of unbranched alkanes of at least 4 members (excludes halogenated alkanes) is 1. The second-order valence-electron chi connectivity index (χ2n) is 13.7. The molecule has 0 fully saturated rings. The number of phenols is 1. The summed E-state index contributed by atoms with van der Waals surface area (Å²) in [4.78, 5) is 66.4. The molecule has 0 spiro atoms. The van der Waals surface area contributed by atoms with Crippen LogP contribution in [0.15, 0.2) is 97.1 Å². The van der Waals surface area contributed by atoms with Gasteiger partial charge in [-0.15, -0.1) is 0 Å². The number of aryl methyl sites for hydroxylation is 1. The monoisotopic (exact) mass is 993 g/mol. The van der Waals surface area contributed by atoms with Crippen LogP contribution in [0, 0.1) is 0 Å². The number of amides is 5. The molecule has 307 valence electrons. The fourth-order valence-electron chi connectivity index (χ4n) is 6.10. The van der Waals surface area contributed by atoms with Crippen LogP contribution in [0.1, 0.15) is 64.4 Å². The zero-order valence-corrected chi connectivity index (χ0v) is 35.4. The van der Waals surface area contributed by atoms with E-state index in [0.717, 1.165) is 12.0 Å². The van der Waals surface area contributed by atoms with Crippen molar-refractivity contribution in [2.24, 2.45) is 5.73 Å². The molecular formula is C43H48F2N5O7Po. The van der Waals surface area contributed by atoms with Crippen LogP contribution in [-0.2, 0) is 48.4 Å². The van der Waals surface area contributed by atoms with Gasteiger partial charge in [0.05, 0.1) is 13.5 Å². The molecule has 0 heterocycles. The number of phenolic OH excluding ortho intramolecular Hbond substituents is 1. The summed E-state index contributed by atoms with van der Waals surface area (Å²) in [6, 6.07) is 22.4. The fourth-order valence-corrected chi connectivity index (χ4v) is 6.63. The van der Waals surface area contributed by atoms with Crippen LogP contribution in [0.25, 0.3) is 0 Å². The number of nitrogens with two attached hydrogens (primary N) is 1. The van der Waals surface area contributed by atoms with Gasteiger partial charge in [0, 0.05) is 12.1 Å². The van der Waals surface area contributed by atoms with E-state index in [0.29, 0.717) is 41.6 Å². The number of halogens is 2. The first-order chi connectivity index (χ1) is 27.7. The number of hydrogen-bond acceptors (Lipinski definition) is 7. The SMILES string of the molecule is CCc1ccc(C(=O)NCCCCC(NC(=O)C(Cc2ccc([C](F)(F)[Po])cc2)NC(=O)C(Cc2ccccc2)NC(=O)Cc2ccc(O)c(OC)c2)C(N)=O)cc1. The second-order valence-corrected chi connectivity index (χ2v) is 15.7. The molecule has 0 aliphatic rings. The molecule has 12 nitrogen and oxygen atoms in total. The Morgan fingerprint density at radius 3 is 1.91 bits per heavy atom. The van der Waals surface area contributed by atoms with Gasteiger partial charge in [-0.2, -0.15) is 0 Å². The molecule has 5 amide bonds. The van der Waals surface area contributed by atoms with Gasteiger partial charge < -0.3 is 15.2 Å². The van der Waals surface area contributed by atoms with Crippen LogP contribution in [0.5, 0.6) is 11.5 Å². The fraction of sp³-hybridized carbons (Fsp3) is 0.326. The molecule has 4 aromatic rings. The van der Waals surface area contributed by atoms with Crippen LogP contribution in [0.4, 0.5) is 8.78 Å². The summed E-state index contributed by atoms with van der Waals surface area (Å²) in [5.74, 6) is -2.97. The van der Waals surface area contributed by atoms with Crippen LogP contribution in [0.3, 0.4) is 0 Å². The van der Waals surface area contributed by atoms with Crippen molar-refractivity contribution in [3.05, 3.63) is 130 Å². The molecule has 7 N–H and O–H groups in total. The number of carbonyl (C=O) groups is 5. The van der Waals surface area contributed by atoms with Crippen LogP contribution < -0.4 is 31.7 Å². The van der Waals surface area contributed by atoms with Gasteiger partial charge in [0.1, 0.15) is 0 Å². The van der Waals surface area contributed by atoms with E-state index in [1.165, 1.54) is 43.5 Å². The molecule has 0 aliphatic carbocycles. The van der Waals surface area contributed by atoms with Crippen molar-refractivity contribution in [3.8, 4) is 11.5 Å². The van der Waals surface area contributed by atoms with Gasteiger partial charge in [-0.05, 0) is 48.2 Å². The molecule has 0 bridgehead atoms. The van der Waals surface area contributed by atoms with Crippen molar-refractivity contribution in [2.45, 2.75) is 73.6 Å². The molecule has 0 saturated heterocycles. The Bertz CT molecular complexity index is 2010. The summed E-state index contributed by atoms with van der Waals surface area (Å²) in [7, 11) is 1.38. The summed E-state index contributed by atoms with van der Waals surface area (Å²) >= 11 is 0.0670. The zero-order chi connectivity index (χ0) is 42.2. The third-order valence-corrected chi connectivity index (χ3v) is 10.3. The molecular weight excluding hydrogens is 945 g/mol. The number of aromatic hydroxyl groups is 1. The van der Waals surface area contributed by atoms with Gasteiger partial charge in [0.15, 0.2) is 11.5 Å². The van der Waals surface area contributed by atoms with Crippen molar-refractivity contribution in [1.29, 1.82) is 0 Å². The summed E-state index contributed by atoms with van der Waals surface area (Å²) in [5, 5.41) is 20.9. The van der Waals surface area contributed by atoms with E-state index < -0.39 is 45.3 Å². The molecule has 4 aromatic carbocycles. The number of methoxy groups -OCH3 is 1. The maximum atomic E-state index is 14.0. The number of nitrogens with one attached hydrogen (secondary N) is 4. The smallest absolute Gasteiger partial charge is 0.0583 e. The average Bonchev–Trinajstić information content (AvgIpc) is 3.20. The topological polar surface area (TPSA) is 189 Å². The minimum atomic E-state index is -3.02. The summed E-state index contributed by atoms with van der Waals surface area (Å²) in [5.41, 5.74) is 8.79. The van der Waals surface area contributed by atoms with Gasteiger partial charge in [-0.25, -0.2) is 0 Å². The zero-order valence-electron chi connectivity index (χ0n) is 32.3. The molecule has 0 aliphatic heterocycles. The number of rotatable bonds is 21. The van der Waals surface area contributed by atoms with E-state index in [9.17, 15) is 37.9 Å². The quantitative estimate of drug-likeness (QED) is 0.0687. The minimum Gasteiger partial charge on any atom is -0.0583 e. The van der Waals surface area contributed by atoms with Crippen molar-refractivity contribution in [2.75, 3.05) is 13.7 Å². The average molecular weight is 994 g/mol. The van der Waals surface area contributed by atoms with Crippen molar-refractivity contribution in [1.82, 2.24) is 21.3 Å². The molecule has 0 aromatic heterocycles. The van der Waals surface area contributed by atoms with Crippen molar-refractivity contribution >= 4 is 54.6 Å². The molecule has 1 radical (unpaired) electrons. The number of ether oxygens (including phenoxy) is 1. The normalized spacial score (nSPS) is 12.7. The van der Waals surface area contributed by atoms with E-state index in [1.807, 2.05) is 19.1 Å². The third kappa shape index (κ3) is 14.2. The third-order valence-electron chi connectivity index (χ3n) is 9.40. The number of primary amides is 1. The molecule has 4 rings (SSSR count). The molecule has 0 saturated carbocycles. The Kier molecular flexibility index (Phi) is 17.1. The Labute approximate surface area is 351 Å². The first kappa shape index (κ1) is 45.3. The molecule has 58 heavy (non-hydrogen) atoms. The van der Waals surface area contributed by atoms with E-state index in [4.69, 9.17) is 10.5 Å². The van der Waals surface area contributed by atoms with Gasteiger partial charge in [0.2, 0.25) is 0 Å². The van der Waals surface area contributed by atoms with Crippen LogP contribution in [-0.4, -0.2) is 91.5 Å². The number of hydrogen-bond donors (Lipinski definition) is 6. The van der Waals surface area contributed by atoms with Gasteiger partial charge in [0.25, 0.3) is 5.91 Å². The minimum absolute atomic E-state index is 0.0543. The number of alkyl halides is 2. The Hall–Kier alpha value is -5.41. The number of carbonyl (C=O) groups excluding carboxylic acids is 5. The van der Waals surface area contributed by atoms with Gasteiger partial charge in [-0.3, -0.25) is 9.59 Å². The molecule has 3 atom stereocenters.